The minimum Gasteiger partial charge on any atom is -0.479 e. The number of carboxylic acid groups (broad SMARTS) is 1. The van der Waals surface area contributed by atoms with E-state index >= 15 is 0 Å². The molecule has 0 saturated carbocycles. The molecule has 4 rings (SSSR count). The lowest BCUT2D eigenvalue weighted by Crippen LogP contribution is -2.53. The summed E-state index contributed by atoms with van der Waals surface area (Å²) >= 11 is 0. The number of rotatable bonds is 4. The van der Waals surface area contributed by atoms with Gasteiger partial charge in [-0.3, -0.25) is 4.79 Å². The zero-order valence-corrected chi connectivity index (χ0v) is 13.9. The first-order chi connectivity index (χ1) is 12.5. The summed E-state index contributed by atoms with van der Waals surface area (Å²) in [5.41, 5.74) is 7.96. The molecule has 7 heteroatoms. The number of morpholine rings is 1. The second-order valence-electron chi connectivity index (χ2n) is 6.44. The lowest BCUT2D eigenvalue weighted by atomic mass is 10.0. The maximum Gasteiger partial charge on any atom is 0.336 e. The fourth-order valence-corrected chi connectivity index (χ4v) is 3.50. The molecule has 2 aromatic rings. The number of aliphatic carboxylic acids is 1. The van der Waals surface area contributed by atoms with Gasteiger partial charge in [0, 0.05) is 17.8 Å². The van der Waals surface area contributed by atoms with E-state index in [4.69, 9.17) is 15.2 Å². The van der Waals surface area contributed by atoms with Crippen LogP contribution in [-0.2, 0) is 31.4 Å². The Morgan fingerprint density at radius 2 is 1.85 bits per heavy atom. The van der Waals surface area contributed by atoms with Crippen molar-refractivity contribution in [3.05, 3.63) is 65.7 Å². The van der Waals surface area contributed by atoms with E-state index in [1.165, 1.54) is 0 Å². The monoisotopic (exact) mass is 354 g/mol. The Kier molecular flexibility index (Phi) is 3.90. The van der Waals surface area contributed by atoms with Crippen LogP contribution in [0.5, 0.6) is 0 Å². The number of fused-ring (bicyclic) bond motifs is 2. The van der Waals surface area contributed by atoms with Crippen LogP contribution in [0.1, 0.15) is 11.1 Å². The van der Waals surface area contributed by atoms with E-state index in [1.807, 2.05) is 30.3 Å². The molecule has 3 N–H and O–H groups in total. The van der Waals surface area contributed by atoms with Gasteiger partial charge in [0.2, 0.25) is 5.79 Å². The van der Waals surface area contributed by atoms with Crippen LogP contribution in [0.2, 0.25) is 0 Å². The summed E-state index contributed by atoms with van der Waals surface area (Å²) in [5, 5.41) is 9.48. The van der Waals surface area contributed by atoms with Gasteiger partial charge in [0.1, 0.15) is 0 Å². The fourth-order valence-electron chi connectivity index (χ4n) is 3.50. The number of carbonyl (C=O) groups excluding carboxylic acids is 1. The molecule has 2 fully saturated rings. The van der Waals surface area contributed by atoms with E-state index in [2.05, 4.69) is 0 Å². The molecule has 2 aliphatic rings. The first-order valence-electron chi connectivity index (χ1n) is 8.26. The van der Waals surface area contributed by atoms with Gasteiger partial charge in [0.25, 0.3) is 5.91 Å². The number of hydrogen-bond donors (Lipinski definition) is 2. The van der Waals surface area contributed by atoms with Crippen LogP contribution in [0.4, 0.5) is 5.69 Å². The van der Waals surface area contributed by atoms with Crippen LogP contribution >= 0.6 is 0 Å². The number of nitrogens with two attached hydrogens (primary N) is 1. The van der Waals surface area contributed by atoms with Crippen molar-refractivity contribution >= 4 is 17.6 Å². The van der Waals surface area contributed by atoms with E-state index in [-0.39, 0.29) is 6.54 Å². The average molecular weight is 354 g/mol. The molecular formula is C19H18N2O5. The first-order valence-corrected chi connectivity index (χ1v) is 8.26. The molecule has 2 bridgehead atoms. The number of carboxylic acids is 1. The number of ether oxygens (including phenoxy) is 2. The Bertz CT molecular complexity index is 856. The molecule has 26 heavy (non-hydrogen) atoms. The minimum atomic E-state index is -1.39. The van der Waals surface area contributed by atoms with Crippen molar-refractivity contribution < 1.29 is 24.2 Å². The highest BCUT2D eigenvalue weighted by Gasteiger charge is 2.60. The number of nitrogens with zero attached hydrogens (tertiary/aromatic N) is 1. The highest BCUT2D eigenvalue weighted by molar-refractivity contribution is 5.89. The Morgan fingerprint density at radius 3 is 2.54 bits per heavy atom. The third kappa shape index (κ3) is 2.61. The molecular weight excluding hydrogens is 336 g/mol. The summed E-state index contributed by atoms with van der Waals surface area (Å²) < 4.78 is 11.6. The normalized spacial score (nSPS) is 27.5. The molecule has 2 saturated heterocycles. The first kappa shape index (κ1) is 16.6. The number of amides is 1. The maximum atomic E-state index is 12.8. The summed E-state index contributed by atoms with van der Waals surface area (Å²) in [7, 11) is 0. The third-order valence-corrected chi connectivity index (χ3v) is 4.69. The Morgan fingerprint density at radius 1 is 1.15 bits per heavy atom. The number of carbonyl (C=O) groups is 2. The van der Waals surface area contributed by atoms with Gasteiger partial charge in [-0.2, -0.15) is 0 Å². The van der Waals surface area contributed by atoms with Gasteiger partial charge in [0.15, 0.2) is 12.2 Å². The lowest BCUT2D eigenvalue weighted by Gasteiger charge is -2.38. The van der Waals surface area contributed by atoms with Gasteiger partial charge in [-0.15, -0.1) is 0 Å². The number of nitrogen functional groups attached to an aromatic ring is 1. The molecule has 0 aromatic heterocycles. The molecule has 134 valence electrons. The van der Waals surface area contributed by atoms with E-state index < -0.39 is 29.9 Å². The van der Waals surface area contributed by atoms with Crippen LogP contribution < -0.4 is 5.73 Å². The second kappa shape index (κ2) is 6.12. The number of anilines is 1. The zero-order chi connectivity index (χ0) is 18.3. The number of para-hydroxylation sites is 1. The number of benzene rings is 2. The molecule has 3 atom stereocenters. The predicted molar refractivity (Wildman–Crippen MR) is 91.8 cm³/mol. The van der Waals surface area contributed by atoms with Gasteiger partial charge in [-0.25, -0.2) is 4.79 Å². The minimum absolute atomic E-state index is 0.0647. The van der Waals surface area contributed by atoms with Crippen LogP contribution in [0, 0.1) is 0 Å². The summed E-state index contributed by atoms with van der Waals surface area (Å²) in [6, 6.07) is 16.4. The Hall–Kier alpha value is -2.90. The van der Waals surface area contributed by atoms with Crippen LogP contribution in [0.25, 0.3) is 0 Å². The molecule has 2 heterocycles. The fraction of sp³-hybridized carbons (Fsp3) is 0.263. The van der Waals surface area contributed by atoms with Crippen molar-refractivity contribution in [2.75, 3.05) is 12.3 Å². The summed E-state index contributed by atoms with van der Waals surface area (Å²) in [4.78, 5) is 26.0. The lowest BCUT2D eigenvalue weighted by molar-refractivity contribution is -0.219. The predicted octanol–water partition coefficient (Wildman–Crippen LogP) is 1.33. The van der Waals surface area contributed by atoms with Crippen molar-refractivity contribution in [3.8, 4) is 0 Å². The topological polar surface area (TPSA) is 102 Å². The highest BCUT2D eigenvalue weighted by atomic mass is 16.8. The SMILES string of the molecule is Nc1ccccc1C12CN(Cc3ccccc3)C(=O)C(O1)C(C(=O)O)O2. The van der Waals surface area contributed by atoms with E-state index in [0.717, 1.165) is 5.56 Å². The summed E-state index contributed by atoms with van der Waals surface area (Å²) in [5.74, 6) is -3.02. The van der Waals surface area contributed by atoms with Crippen molar-refractivity contribution in [2.24, 2.45) is 0 Å². The van der Waals surface area contributed by atoms with Gasteiger partial charge in [0.05, 0.1) is 6.54 Å². The average Bonchev–Trinajstić information content (AvgIpc) is 2.97. The largest absolute Gasteiger partial charge is 0.479 e. The van der Waals surface area contributed by atoms with Crippen LogP contribution in [-0.4, -0.2) is 40.6 Å². The van der Waals surface area contributed by atoms with Crippen molar-refractivity contribution in [1.82, 2.24) is 4.90 Å². The summed E-state index contributed by atoms with van der Waals surface area (Å²) in [6.45, 7) is 0.402. The van der Waals surface area contributed by atoms with Crippen molar-refractivity contribution in [3.63, 3.8) is 0 Å². The van der Waals surface area contributed by atoms with Gasteiger partial charge in [-0.05, 0) is 11.6 Å². The van der Waals surface area contributed by atoms with E-state index in [1.54, 1.807) is 29.2 Å². The molecule has 0 spiro atoms. The smallest absolute Gasteiger partial charge is 0.336 e. The molecule has 0 radical (unpaired) electrons. The van der Waals surface area contributed by atoms with Gasteiger partial charge < -0.3 is 25.2 Å². The molecule has 7 nitrogen and oxygen atoms in total. The summed E-state index contributed by atoms with van der Waals surface area (Å²) in [6.07, 6.45) is -2.58. The quantitative estimate of drug-likeness (QED) is 0.803. The van der Waals surface area contributed by atoms with E-state index in [0.29, 0.717) is 17.8 Å². The van der Waals surface area contributed by atoms with Gasteiger partial charge in [-0.1, -0.05) is 48.5 Å². The molecule has 0 aliphatic carbocycles. The number of hydrogen-bond acceptors (Lipinski definition) is 5. The van der Waals surface area contributed by atoms with Crippen molar-refractivity contribution in [2.45, 2.75) is 24.5 Å². The highest BCUT2D eigenvalue weighted by Crippen LogP contribution is 2.44. The van der Waals surface area contributed by atoms with Crippen LogP contribution in [0.15, 0.2) is 54.6 Å². The zero-order valence-electron chi connectivity index (χ0n) is 13.9. The molecule has 3 unspecified atom stereocenters. The van der Waals surface area contributed by atoms with Crippen LogP contribution in [0.3, 0.4) is 0 Å². The standard InChI is InChI=1S/C19H18N2O5/c20-14-9-5-4-8-13(14)19-11-21(10-12-6-2-1-3-7-12)17(22)15(25-19)16(26-19)18(23)24/h1-9,15-16H,10-11,20H2,(H,23,24). The molecule has 2 aliphatic heterocycles. The maximum absolute atomic E-state index is 12.8. The second-order valence-corrected chi connectivity index (χ2v) is 6.44. The van der Waals surface area contributed by atoms with Gasteiger partial charge >= 0.3 is 5.97 Å². The van der Waals surface area contributed by atoms with E-state index in [9.17, 15) is 14.7 Å². The Labute approximate surface area is 149 Å². The third-order valence-electron chi connectivity index (χ3n) is 4.69. The Balaban J connectivity index is 1.73. The van der Waals surface area contributed by atoms with Crippen molar-refractivity contribution in [1.29, 1.82) is 0 Å². The molecule has 2 aromatic carbocycles. The molecule has 1 amide bonds.